The van der Waals surface area contributed by atoms with Gasteiger partial charge in [0.1, 0.15) is 10.3 Å². The van der Waals surface area contributed by atoms with Crippen LogP contribution in [0.3, 0.4) is 0 Å². The molecule has 4 aromatic rings. The van der Waals surface area contributed by atoms with Crippen molar-refractivity contribution in [3.63, 3.8) is 0 Å². The Morgan fingerprint density at radius 3 is 2.70 bits per heavy atom. The van der Waals surface area contributed by atoms with Gasteiger partial charge in [-0.2, -0.15) is 0 Å². The second-order valence-electron chi connectivity index (χ2n) is 8.35. The smallest absolute Gasteiger partial charge is 0.267 e. The van der Waals surface area contributed by atoms with Crippen molar-refractivity contribution in [2.45, 2.75) is 13.0 Å². The number of methoxy groups -OCH3 is 1. The number of pyridine rings is 2. The van der Waals surface area contributed by atoms with E-state index in [0.29, 0.717) is 35.6 Å². The average Bonchev–Trinajstić information content (AvgIpc) is 3.10. The molecule has 7 nitrogen and oxygen atoms in total. The van der Waals surface area contributed by atoms with Crippen molar-refractivity contribution < 1.29 is 9.53 Å². The number of ether oxygens (including phenoxy) is 1. The SMILES string of the molecule is COc1c(C(=O)N2CCCN(C)CC2)sc2c1c(=O)n(Cc1ccccn1)c1ccccc21. The van der Waals surface area contributed by atoms with Crippen LogP contribution < -0.4 is 10.3 Å². The Bertz CT molecular complexity index is 1380. The van der Waals surface area contributed by atoms with Crippen LogP contribution in [0.1, 0.15) is 21.8 Å². The lowest BCUT2D eigenvalue weighted by Gasteiger charge is -2.20. The number of para-hydroxylation sites is 1. The lowest BCUT2D eigenvalue weighted by molar-refractivity contribution is 0.0765. The molecule has 1 saturated heterocycles. The standard InChI is InChI=1S/C25H26N4O3S/c1-27-12-7-13-28(15-14-27)25(31)23-21(32-2)20-22(33-23)18-9-3-4-10-19(18)29(24(20)30)16-17-8-5-6-11-26-17/h3-6,8-11H,7,12-16H2,1-2H3. The van der Waals surface area contributed by atoms with Crippen molar-refractivity contribution >= 4 is 38.2 Å². The molecule has 1 amide bonds. The minimum absolute atomic E-state index is 0.0666. The number of benzene rings is 1. The van der Waals surface area contributed by atoms with Gasteiger partial charge in [0.25, 0.3) is 11.5 Å². The molecule has 8 heteroatoms. The monoisotopic (exact) mass is 462 g/mol. The largest absolute Gasteiger partial charge is 0.494 e. The lowest BCUT2D eigenvalue weighted by Crippen LogP contribution is -2.34. The predicted molar refractivity (Wildman–Crippen MR) is 131 cm³/mol. The van der Waals surface area contributed by atoms with Crippen LogP contribution in [0.2, 0.25) is 0 Å². The van der Waals surface area contributed by atoms with Crippen molar-refractivity contribution in [1.82, 2.24) is 19.4 Å². The lowest BCUT2D eigenvalue weighted by atomic mass is 10.1. The molecule has 0 bridgehead atoms. The van der Waals surface area contributed by atoms with Gasteiger partial charge in [-0.1, -0.05) is 24.3 Å². The highest BCUT2D eigenvalue weighted by Gasteiger charge is 2.28. The maximum atomic E-state index is 13.8. The molecule has 1 aliphatic heterocycles. The van der Waals surface area contributed by atoms with Crippen LogP contribution in [0.4, 0.5) is 0 Å². The summed E-state index contributed by atoms with van der Waals surface area (Å²) in [5.74, 6) is 0.311. The quantitative estimate of drug-likeness (QED) is 0.465. The Balaban J connectivity index is 1.70. The molecule has 3 aromatic heterocycles. The number of rotatable bonds is 4. The van der Waals surface area contributed by atoms with Crippen LogP contribution in [0.25, 0.3) is 21.0 Å². The molecular formula is C25H26N4O3S. The first-order valence-corrected chi connectivity index (χ1v) is 11.9. The maximum Gasteiger partial charge on any atom is 0.267 e. The maximum absolute atomic E-state index is 13.8. The van der Waals surface area contributed by atoms with Crippen LogP contribution in [-0.2, 0) is 6.54 Å². The number of carbonyl (C=O) groups excluding carboxylic acids is 1. The molecule has 0 spiro atoms. The first-order valence-electron chi connectivity index (χ1n) is 11.1. The van der Waals surface area contributed by atoms with Gasteiger partial charge in [-0.25, -0.2) is 0 Å². The third-order valence-corrected chi connectivity index (χ3v) is 7.41. The van der Waals surface area contributed by atoms with Gasteiger partial charge in [0.2, 0.25) is 0 Å². The van der Waals surface area contributed by atoms with E-state index in [1.165, 1.54) is 18.4 Å². The number of hydrogen-bond acceptors (Lipinski definition) is 6. The molecule has 0 saturated carbocycles. The predicted octanol–water partition coefficient (Wildman–Crippen LogP) is 3.45. The van der Waals surface area contributed by atoms with E-state index in [-0.39, 0.29) is 11.5 Å². The van der Waals surface area contributed by atoms with Gasteiger partial charge in [-0.15, -0.1) is 11.3 Å². The third-order valence-electron chi connectivity index (χ3n) is 6.21. The van der Waals surface area contributed by atoms with Gasteiger partial charge < -0.3 is 19.1 Å². The Morgan fingerprint density at radius 2 is 1.91 bits per heavy atom. The molecular weight excluding hydrogens is 436 g/mol. The van der Waals surface area contributed by atoms with Gasteiger partial charge in [0.15, 0.2) is 5.75 Å². The van der Waals surface area contributed by atoms with E-state index in [1.54, 1.807) is 10.8 Å². The summed E-state index contributed by atoms with van der Waals surface area (Å²) in [7, 11) is 3.61. The molecule has 1 aromatic carbocycles. The molecule has 0 N–H and O–H groups in total. The minimum Gasteiger partial charge on any atom is -0.494 e. The third kappa shape index (κ3) is 3.89. The molecule has 0 aliphatic carbocycles. The second kappa shape index (κ2) is 8.96. The van der Waals surface area contributed by atoms with Gasteiger partial charge in [-0.05, 0) is 38.2 Å². The number of nitrogens with zero attached hydrogens (tertiary/aromatic N) is 4. The average molecular weight is 463 g/mol. The van der Waals surface area contributed by atoms with Crippen molar-refractivity contribution in [2.24, 2.45) is 0 Å². The summed E-state index contributed by atoms with van der Waals surface area (Å²) in [6, 6.07) is 13.5. The zero-order chi connectivity index (χ0) is 22.9. The van der Waals surface area contributed by atoms with Crippen molar-refractivity contribution in [3.05, 3.63) is 69.6 Å². The fourth-order valence-corrected chi connectivity index (χ4v) is 5.75. The van der Waals surface area contributed by atoms with Crippen LogP contribution >= 0.6 is 11.3 Å². The fourth-order valence-electron chi connectivity index (χ4n) is 4.48. The Labute approximate surface area is 195 Å². The van der Waals surface area contributed by atoms with Crippen molar-refractivity contribution in [3.8, 4) is 5.75 Å². The zero-order valence-corrected chi connectivity index (χ0v) is 19.6. The molecule has 1 aliphatic rings. The van der Waals surface area contributed by atoms with Crippen LogP contribution in [-0.4, -0.2) is 65.6 Å². The summed E-state index contributed by atoms with van der Waals surface area (Å²) in [4.78, 5) is 36.3. The minimum atomic E-state index is -0.169. The van der Waals surface area contributed by atoms with Crippen molar-refractivity contribution in [1.29, 1.82) is 0 Å². The van der Waals surface area contributed by atoms with Gasteiger partial charge in [0, 0.05) is 31.2 Å². The van der Waals surface area contributed by atoms with E-state index in [0.717, 1.165) is 40.8 Å². The highest BCUT2D eigenvalue weighted by molar-refractivity contribution is 7.22. The summed E-state index contributed by atoms with van der Waals surface area (Å²) in [6.07, 6.45) is 2.65. The van der Waals surface area contributed by atoms with E-state index in [9.17, 15) is 9.59 Å². The Hall–Kier alpha value is -3.23. The first kappa shape index (κ1) is 21.6. The Kier molecular flexibility index (Phi) is 5.86. The number of hydrogen-bond donors (Lipinski definition) is 0. The molecule has 1 fully saturated rings. The van der Waals surface area contributed by atoms with Crippen molar-refractivity contribution in [2.75, 3.05) is 40.3 Å². The zero-order valence-electron chi connectivity index (χ0n) is 18.8. The van der Waals surface area contributed by atoms with Crippen LogP contribution in [0, 0.1) is 0 Å². The van der Waals surface area contributed by atoms with E-state index >= 15 is 0 Å². The number of aromatic nitrogens is 2. The molecule has 0 atom stereocenters. The summed E-state index contributed by atoms with van der Waals surface area (Å²) in [5, 5.41) is 1.40. The van der Waals surface area contributed by atoms with Gasteiger partial charge >= 0.3 is 0 Å². The van der Waals surface area contributed by atoms with E-state index in [2.05, 4.69) is 16.9 Å². The number of fused-ring (bicyclic) bond motifs is 3. The first-order chi connectivity index (χ1) is 16.1. The summed E-state index contributed by atoms with van der Waals surface area (Å²) in [5.41, 5.74) is 1.44. The normalized spacial score (nSPS) is 15.2. The highest BCUT2D eigenvalue weighted by Crippen LogP contribution is 2.40. The van der Waals surface area contributed by atoms with E-state index < -0.39 is 0 Å². The molecule has 33 heavy (non-hydrogen) atoms. The second-order valence-corrected chi connectivity index (χ2v) is 9.37. The van der Waals surface area contributed by atoms with Crippen LogP contribution in [0.5, 0.6) is 5.75 Å². The molecule has 170 valence electrons. The topological polar surface area (TPSA) is 67.7 Å². The summed E-state index contributed by atoms with van der Waals surface area (Å²) in [6.45, 7) is 3.51. The Morgan fingerprint density at radius 1 is 1.09 bits per heavy atom. The number of likely N-dealkylation sites (N-methyl/N-ethyl adjacent to an activating group) is 1. The summed E-state index contributed by atoms with van der Waals surface area (Å²) >= 11 is 1.36. The van der Waals surface area contributed by atoms with Crippen LogP contribution in [0.15, 0.2) is 53.5 Å². The molecule has 4 heterocycles. The molecule has 5 rings (SSSR count). The number of thiophene rings is 1. The van der Waals surface area contributed by atoms with Gasteiger partial charge in [0.05, 0.1) is 29.6 Å². The number of amides is 1. The van der Waals surface area contributed by atoms with E-state index in [4.69, 9.17) is 4.74 Å². The fraction of sp³-hybridized carbons (Fsp3) is 0.320. The molecule has 0 radical (unpaired) electrons. The highest BCUT2D eigenvalue weighted by atomic mass is 32.1. The van der Waals surface area contributed by atoms with Gasteiger partial charge in [-0.3, -0.25) is 14.6 Å². The molecule has 0 unspecified atom stereocenters. The number of carbonyl (C=O) groups is 1. The summed E-state index contributed by atoms with van der Waals surface area (Å²) < 4.78 is 8.24. The van der Waals surface area contributed by atoms with E-state index in [1.807, 2.05) is 47.4 Å².